The van der Waals surface area contributed by atoms with Crippen molar-refractivity contribution in [3.63, 3.8) is 0 Å². The highest BCUT2D eigenvalue weighted by Crippen LogP contribution is 2.27. The third kappa shape index (κ3) is 6.79. The SMILES string of the molecule is COCC(C)NC(=O)NC(=O)COc1ccc(Cl)cc1Br. The average Bonchev–Trinajstić information content (AvgIpc) is 2.37. The van der Waals surface area contributed by atoms with E-state index in [1.165, 1.54) is 7.11 Å². The molecule has 1 unspecified atom stereocenters. The fraction of sp³-hybridized carbons (Fsp3) is 0.385. The highest BCUT2D eigenvalue weighted by Gasteiger charge is 2.12. The van der Waals surface area contributed by atoms with Crippen molar-refractivity contribution >= 4 is 39.5 Å². The molecule has 0 aliphatic heterocycles. The van der Waals surface area contributed by atoms with Crippen LogP contribution in [0, 0.1) is 0 Å². The zero-order valence-corrected chi connectivity index (χ0v) is 14.0. The third-order valence-electron chi connectivity index (χ3n) is 2.30. The summed E-state index contributed by atoms with van der Waals surface area (Å²) in [5.41, 5.74) is 0. The van der Waals surface area contributed by atoms with Crippen LogP contribution in [0.2, 0.25) is 5.02 Å². The number of carbonyl (C=O) groups excluding carboxylic acids is 2. The fourth-order valence-corrected chi connectivity index (χ4v) is 2.25. The number of carbonyl (C=O) groups is 2. The molecule has 0 spiro atoms. The van der Waals surface area contributed by atoms with Gasteiger partial charge in [0.05, 0.1) is 17.1 Å². The predicted molar refractivity (Wildman–Crippen MR) is 82.7 cm³/mol. The van der Waals surface area contributed by atoms with Crippen molar-refractivity contribution in [1.29, 1.82) is 0 Å². The van der Waals surface area contributed by atoms with Gasteiger partial charge in [0.25, 0.3) is 5.91 Å². The standard InChI is InChI=1S/C13H16BrClN2O4/c1-8(6-20-2)16-13(19)17-12(18)7-21-11-4-3-9(15)5-10(11)14/h3-5,8H,6-7H2,1-2H3,(H2,16,17,18,19). The van der Waals surface area contributed by atoms with Crippen LogP contribution in [-0.4, -0.2) is 38.3 Å². The van der Waals surface area contributed by atoms with E-state index >= 15 is 0 Å². The summed E-state index contributed by atoms with van der Waals surface area (Å²) >= 11 is 9.06. The maximum Gasteiger partial charge on any atom is 0.321 e. The maximum atomic E-state index is 11.6. The number of hydrogen-bond donors (Lipinski definition) is 2. The molecule has 21 heavy (non-hydrogen) atoms. The second-order valence-electron chi connectivity index (χ2n) is 4.24. The monoisotopic (exact) mass is 378 g/mol. The summed E-state index contributed by atoms with van der Waals surface area (Å²) in [7, 11) is 1.53. The Bertz CT molecular complexity index is 513. The second kappa shape index (κ2) is 8.86. The van der Waals surface area contributed by atoms with Crippen LogP contribution in [0.4, 0.5) is 4.79 Å². The number of hydrogen-bond acceptors (Lipinski definition) is 4. The summed E-state index contributed by atoms with van der Waals surface area (Å²) in [6.45, 7) is 1.83. The molecule has 3 amide bonds. The van der Waals surface area contributed by atoms with Crippen LogP contribution in [-0.2, 0) is 9.53 Å². The molecule has 0 saturated carbocycles. The summed E-state index contributed by atoms with van der Waals surface area (Å²) in [5, 5.41) is 5.26. The topological polar surface area (TPSA) is 76.7 Å². The average molecular weight is 380 g/mol. The predicted octanol–water partition coefficient (Wildman–Crippen LogP) is 2.34. The van der Waals surface area contributed by atoms with Gasteiger partial charge in [0.2, 0.25) is 0 Å². The van der Waals surface area contributed by atoms with E-state index in [0.717, 1.165) is 0 Å². The molecule has 1 atom stereocenters. The van der Waals surface area contributed by atoms with Crippen molar-refractivity contribution < 1.29 is 19.1 Å². The second-order valence-corrected chi connectivity index (χ2v) is 5.53. The van der Waals surface area contributed by atoms with Crippen molar-refractivity contribution in [2.75, 3.05) is 20.3 Å². The Kier molecular flexibility index (Phi) is 7.49. The minimum atomic E-state index is -0.594. The minimum Gasteiger partial charge on any atom is -0.483 e. The van der Waals surface area contributed by atoms with E-state index in [1.807, 2.05) is 0 Å². The highest BCUT2D eigenvalue weighted by atomic mass is 79.9. The highest BCUT2D eigenvalue weighted by molar-refractivity contribution is 9.10. The van der Waals surface area contributed by atoms with E-state index in [1.54, 1.807) is 25.1 Å². The Labute approximate surface area is 136 Å². The molecule has 0 aliphatic rings. The Morgan fingerprint density at radius 3 is 2.76 bits per heavy atom. The number of urea groups is 1. The molecule has 1 aromatic rings. The molecular formula is C13H16BrClN2O4. The molecule has 0 bridgehead atoms. The zero-order chi connectivity index (χ0) is 15.8. The van der Waals surface area contributed by atoms with E-state index in [0.29, 0.717) is 21.9 Å². The molecule has 2 N–H and O–H groups in total. The lowest BCUT2D eigenvalue weighted by Gasteiger charge is -2.13. The van der Waals surface area contributed by atoms with Gasteiger partial charge in [-0.05, 0) is 41.1 Å². The van der Waals surface area contributed by atoms with E-state index in [9.17, 15) is 9.59 Å². The number of ether oxygens (including phenoxy) is 2. The van der Waals surface area contributed by atoms with Crippen LogP contribution >= 0.6 is 27.5 Å². The molecule has 0 heterocycles. The number of imide groups is 1. The summed E-state index contributed by atoms with van der Waals surface area (Å²) in [4.78, 5) is 23.1. The van der Waals surface area contributed by atoms with E-state index < -0.39 is 11.9 Å². The van der Waals surface area contributed by atoms with Crippen molar-refractivity contribution in [3.8, 4) is 5.75 Å². The number of rotatable bonds is 6. The van der Waals surface area contributed by atoms with Gasteiger partial charge in [-0.1, -0.05) is 11.6 Å². The molecule has 0 aliphatic carbocycles. The number of methoxy groups -OCH3 is 1. The molecule has 8 heteroatoms. The van der Waals surface area contributed by atoms with Gasteiger partial charge in [-0.2, -0.15) is 0 Å². The molecule has 0 radical (unpaired) electrons. The van der Waals surface area contributed by atoms with Crippen LogP contribution in [0.15, 0.2) is 22.7 Å². The van der Waals surface area contributed by atoms with Gasteiger partial charge >= 0.3 is 6.03 Å². The Morgan fingerprint density at radius 2 is 2.14 bits per heavy atom. The normalized spacial score (nSPS) is 11.6. The first-order valence-electron chi connectivity index (χ1n) is 6.09. The minimum absolute atomic E-state index is 0.200. The van der Waals surface area contributed by atoms with E-state index in [4.69, 9.17) is 21.1 Å². The summed E-state index contributed by atoms with van der Waals surface area (Å²) in [6, 6.07) is 4.12. The van der Waals surface area contributed by atoms with Gasteiger partial charge in [0.15, 0.2) is 6.61 Å². The van der Waals surface area contributed by atoms with E-state index in [-0.39, 0.29) is 12.6 Å². The van der Waals surface area contributed by atoms with Gasteiger partial charge in [-0.15, -0.1) is 0 Å². The largest absolute Gasteiger partial charge is 0.483 e. The third-order valence-corrected chi connectivity index (χ3v) is 3.15. The van der Waals surface area contributed by atoms with Gasteiger partial charge in [-0.3, -0.25) is 10.1 Å². The van der Waals surface area contributed by atoms with Crippen LogP contribution in [0.5, 0.6) is 5.75 Å². The molecule has 0 aromatic heterocycles. The van der Waals surface area contributed by atoms with Crippen molar-refractivity contribution in [1.82, 2.24) is 10.6 Å². The van der Waals surface area contributed by atoms with Gasteiger partial charge < -0.3 is 14.8 Å². The number of halogens is 2. The first kappa shape index (κ1) is 17.7. The van der Waals surface area contributed by atoms with Crippen LogP contribution in [0.1, 0.15) is 6.92 Å². The first-order chi connectivity index (χ1) is 9.92. The van der Waals surface area contributed by atoms with Crippen molar-refractivity contribution in [2.24, 2.45) is 0 Å². The lowest BCUT2D eigenvalue weighted by atomic mass is 10.3. The molecule has 0 saturated heterocycles. The van der Waals surface area contributed by atoms with Crippen LogP contribution < -0.4 is 15.4 Å². The number of amides is 3. The maximum absolute atomic E-state index is 11.6. The van der Waals surface area contributed by atoms with Crippen LogP contribution in [0.25, 0.3) is 0 Å². The number of nitrogens with one attached hydrogen (secondary N) is 2. The van der Waals surface area contributed by atoms with Gasteiger partial charge in [0.1, 0.15) is 5.75 Å². The molecule has 116 valence electrons. The molecule has 0 fully saturated rings. The Hall–Kier alpha value is -1.31. The van der Waals surface area contributed by atoms with Gasteiger partial charge in [0, 0.05) is 12.1 Å². The quantitative estimate of drug-likeness (QED) is 0.795. The summed E-state index contributed by atoms with van der Waals surface area (Å²) in [6.07, 6.45) is 0. The van der Waals surface area contributed by atoms with Crippen molar-refractivity contribution in [2.45, 2.75) is 13.0 Å². The van der Waals surface area contributed by atoms with E-state index in [2.05, 4.69) is 26.6 Å². The Balaban J connectivity index is 2.38. The molecular weight excluding hydrogens is 364 g/mol. The fourth-order valence-electron chi connectivity index (χ4n) is 1.45. The summed E-state index contributed by atoms with van der Waals surface area (Å²) < 4.78 is 10.8. The lowest BCUT2D eigenvalue weighted by Crippen LogP contribution is -2.46. The lowest BCUT2D eigenvalue weighted by molar-refractivity contribution is -0.122. The van der Waals surface area contributed by atoms with Crippen molar-refractivity contribution in [3.05, 3.63) is 27.7 Å². The molecule has 1 aromatic carbocycles. The van der Waals surface area contributed by atoms with Crippen LogP contribution in [0.3, 0.4) is 0 Å². The van der Waals surface area contributed by atoms with Gasteiger partial charge in [-0.25, -0.2) is 4.79 Å². The Morgan fingerprint density at radius 1 is 1.43 bits per heavy atom. The zero-order valence-electron chi connectivity index (χ0n) is 11.6. The molecule has 1 rings (SSSR count). The smallest absolute Gasteiger partial charge is 0.321 e. The summed E-state index contributed by atoms with van der Waals surface area (Å²) in [5.74, 6) is -0.0957. The molecule has 6 nitrogen and oxygen atoms in total. The first-order valence-corrected chi connectivity index (χ1v) is 7.26. The number of benzene rings is 1.